The molecular formula is C24H23NO5. The van der Waals surface area contributed by atoms with Gasteiger partial charge in [0, 0.05) is 12.4 Å². The fourth-order valence-electron chi connectivity index (χ4n) is 2.85. The van der Waals surface area contributed by atoms with E-state index in [-0.39, 0.29) is 5.56 Å². The lowest BCUT2D eigenvalue weighted by Crippen LogP contribution is -2.12. The van der Waals surface area contributed by atoms with Crippen LogP contribution in [0.5, 0.6) is 23.0 Å². The number of hydrogen-bond acceptors (Lipinski definition) is 6. The lowest BCUT2D eigenvalue weighted by Gasteiger charge is -2.14. The number of aromatic nitrogens is 1. The fourth-order valence-corrected chi connectivity index (χ4v) is 2.85. The maximum Gasteiger partial charge on any atom is 0.351 e. The van der Waals surface area contributed by atoms with Gasteiger partial charge in [-0.15, -0.1) is 0 Å². The van der Waals surface area contributed by atoms with Crippen LogP contribution in [0.3, 0.4) is 0 Å². The molecule has 0 aliphatic rings. The molecule has 1 heterocycles. The van der Waals surface area contributed by atoms with E-state index in [0.29, 0.717) is 29.6 Å². The summed E-state index contributed by atoms with van der Waals surface area (Å²) in [7, 11) is 2.97. The van der Waals surface area contributed by atoms with Crippen molar-refractivity contribution >= 4 is 18.1 Å². The largest absolute Gasteiger partial charge is 0.496 e. The van der Waals surface area contributed by atoms with Crippen molar-refractivity contribution in [3.8, 4) is 23.0 Å². The van der Waals surface area contributed by atoms with Crippen LogP contribution < -0.4 is 18.9 Å². The first-order valence-electron chi connectivity index (χ1n) is 9.44. The molecule has 0 spiro atoms. The Bertz CT molecular complexity index is 1010. The van der Waals surface area contributed by atoms with Crippen LogP contribution >= 0.6 is 0 Å². The van der Waals surface area contributed by atoms with E-state index < -0.39 is 5.97 Å². The standard InChI is InChI=1S/C24H23NO5/c1-4-29-22-16-18(9-8-17-12-14-25-15-13-17)10-11-19(22)30-24(26)23-20(27-2)6-5-7-21(23)28-3/h5-16H,4H2,1-3H3/b9-8+. The van der Waals surface area contributed by atoms with E-state index in [0.717, 1.165) is 11.1 Å². The highest BCUT2D eigenvalue weighted by Gasteiger charge is 2.21. The highest BCUT2D eigenvalue weighted by molar-refractivity contribution is 5.97. The number of nitrogens with zero attached hydrogens (tertiary/aromatic N) is 1. The summed E-state index contributed by atoms with van der Waals surface area (Å²) in [5.74, 6) is 0.932. The quantitative estimate of drug-likeness (QED) is 0.393. The van der Waals surface area contributed by atoms with Crippen LogP contribution in [0.1, 0.15) is 28.4 Å². The molecule has 0 atom stereocenters. The molecule has 0 radical (unpaired) electrons. The van der Waals surface area contributed by atoms with Gasteiger partial charge in [-0.25, -0.2) is 4.79 Å². The Hall–Kier alpha value is -3.80. The summed E-state index contributed by atoms with van der Waals surface area (Å²) in [6.45, 7) is 2.30. The van der Waals surface area contributed by atoms with Gasteiger partial charge in [0.15, 0.2) is 11.5 Å². The lowest BCUT2D eigenvalue weighted by molar-refractivity contribution is 0.0721. The van der Waals surface area contributed by atoms with E-state index in [4.69, 9.17) is 18.9 Å². The van der Waals surface area contributed by atoms with Crippen LogP contribution in [0.25, 0.3) is 12.2 Å². The van der Waals surface area contributed by atoms with Crippen molar-refractivity contribution in [2.45, 2.75) is 6.92 Å². The zero-order chi connectivity index (χ0) is 21.3. The second-order valence-electron chi connectivity index (χ2n) is 6.18. The Kier molecular flexibility index (Phi) is 7.05. The highest BCUT2D eigenvalue weighted by atomic mass is 16.6. The normalized spacial score (nSPS) is 10.6. The van der Waals surface area contributed by atoms with Crippen molar-refractivity contribution in [2.24, 2.45) is 0 Å². The molecule has 6 nitrogen and oxygen atoms in total. The molecule has 0 fully saturated rings. The Morgan fingerprint density at radius 2 is 1.53 bits per heavy atom. The van der Waals surface area contributed by atoms with E-state index >= 15 is 0 Å². The van der Waals surface area contributed by atoms with Gasteiger partial charge in [-0.2, -0.15) is 0 Å². The van der Waals surface area contributed by atoms with Crippen LogP contribution in [-0.2, 0) is 0 Å². The third-order valence-electron chi connectivity index (χ3n) is 4.28. The van der Waals surface area contributed by atoms with Crippen molar-refractivity contribution in [1.82, 2.24) is 4.98 Å². The van der Waals surface area contributed by atoms with E-state index in [9.17, 15) is 4.79 Å². The second kappa shape index (κ2) is 10.1. The minimum Gasteiger partial charge on any atom is -0.496 e. The van der Waals surface area contributed by atoms with E-state index in [1.807, 2.05) is 43.3 Å². The molecule has 0 saturated heterocycles. The molecule has 0 N–H and O–H groups in total. The average Bonchev–Trinajstić information content (AvgIpc) is 2.79. The second-order valence-corrected chi connectivity index (χ2v) is 6.18. The van der Waals surface area contributed by atoms with Crippen molar-refractivity contribution in [3.63, 3.8) is 0 Å². The Balaban J connectivity index is 1.87. The number of rotatable bonds is 8. The molecule has 154 valence electrons. The van der Waals surface area contributed by atoms with Gasteiger partial charge in [-0.3, -0.25) is 4.98 Å². The van der Waals surface area contributed by atoms with Crippen LogP contribution in [0.15, 0.2) is 60.9 Å². The third-order valence-corrected chi connectivity index (χ3v) is 4.28. The predicted octanol–water partition coefficient (Wildman–Crippen LogP) is 4.89. The molecule has 3 rings (SSSR count). The Morgan fingerprint density at radius 3 is 2.17 bits per heavy atom. The van der Waals surface area contributed by atoms with Crippen molar-refractivity contribution in [2.75, 3.05) is 20.8 Å². The molecule has 0 aliphatic carbocycles. The first kappa shape index (κ1) is 20.9. The van der Waals surface area contributed by atoms with E-state index in [1.54, 1.807) is 36.7 Å². The highest BCUT2D eigenvalue weighted by Crippen LogP contribution is 2.33. The number of carbonyl (C=O) groups excluding carboxylic acids is 1. The van der Waals surface area contributed by atoms with Crippen LogP contribution in [-0.4, -0.2) is 31.8 Å². The molecule has 0 amide bonds. The maximum atomic E-state index is 12.9. The number of methoxy groups -OCH3 is 2. The van der Waals surface area contributed by atoms with Crippen LogP contribution in [0.4, 0.5) is 0 Å². The van der Waals surface area contributed by atoms with Crippen molar-refractivity contribution < 1.29 is 23.7 Å². The molecule has 0 aliphatic heterocycles. The van der Waals surface area contributed by atoms with Gasteiger partial charge in [0.05, 0.1) is 20.8 Å². The summed E-state index contributed by atoms with van der Waals surface area (Å²) in [6.07, 6.45) is 7.39. The zero-order valence-corrected chi connectivity index (χ0v) is 17.1. The van der Waals surface area contributed by atoms with Gasteiger partial charge in [0.25, 0.3) is 0 Å². The van der Waals surface area contributed by atoms with Crippen LogP contribution in [0, 0.1) is 0 Å². The number of ether oxygens (including phenoxy) is 4. The topological polar surface area (TPSA) is 66.9 Å². The molecular weight excluding hydrogens is 382 g/mol. The first-order valence-corrected chi connectivity index (χ1v) is 9.44. The number of carbonyl (C=O) groups is 1. The van der Waals surface area contributed by atoms with Crippen molar-refractivity contribution in [3.05, 3.63) is 77.6 Å². The first-order chi connectivity index (χ1) is 14.7. The summed E-state index contributed by atoms with van der Waals surface area (Å²) in [4.78, 5) is 16.9. The third kappa shape index (κ3) is 4.97. The van der Waals surface area contributed by atoms with Gasteiger partial charge >= 0.3 is 5.97 Å². The molecule has 30 heavy (non-hydrogen) atoms. The smallest absolute Gasteiger partial charge is 0.351 e. The molecule has 3 aromatic rings. The summed E-state index contributed by atoms with van der Waals surface area (Å²) in [5, 5.41) is 0. The van der Waals surface area contributed by atoms with Crippen LogP contribution in [0.2, 0.25) is 0 Å². The minimum atomic E-state index is -0.592. The molecule has 2 aromatic carbocycles. The Labute approximate surface area is 175 Å². The molecule has 0 saturated carbocycles. The molecule has 1 aromatic heterocycles. The number of benzene rings is 2. The zero-order valence-electron chi connectivity index (χ0n) is 17.1. The van der Waals surface area contributed by atoms with Crippen molar-refractivity contribution in [1.29, 1.82) is 0 Å². The summed E-state index contributed by atoms with van der Waals surface area (Å²) < 4.78 is 21.9. The maximum absolute atomic E-state index is 12.9. The number of hydrogen-bond donors (Lipinski definition) is 0. The fraction of sp³-hybridized carbons (Fsp3) is 0.167. The molecule has 6 heteroatoms. The predicted molar refractivity (Wildman–Crippen MR) is 115 cm³/mol. The van der Waals surface area contributed by atoms with E-state index in [1.165, 1.54) is 14.2 Å². The lowest BCUT2D eigenvalue weighted by atomic mass is 10.1. The number of pyridine rings is 1. The van der Waals surface area contributed by atoms with Gasteiger partial charge in [0.2, 0.25) is 0 Å². The van der Waals surface area contributed by atoms with E-state index in [2.05, 4.69) is 4.98 Å². The Morgan fingerprint density at radius 1 is 0.867 bits per heavy atom. The van der Waals surface area contributed by atoms with Gasteiger partial charge in [-0.1, -0.05) is 24.3 Å². The molecule has 0 unspecified atom stereocenters. The SMILES string of the molecule is CCOc1cc(/C=C/c2ccncc2)ccc1OC(=O)c1c(OC)cccc1OC. The van der Waals surface area contributed by atoms with Gasteiger partial charge in [-0.05, 0) is 54.4 Å². The summed E-state index contributed by atoms with van der Waals surface area (Å²) >= 11 is 0. The number of esters is 1. The molecule has 0 bridgehead atoms. The average molecular weight is 405 g/mol. The monoisotopic (exact) mass is 405 g/mol. The summed E-state index contributed by atoms with van der Waals surface area (Å²) in [6, 6.07) is 14.3. The minimum absolute atomic E-state index is 0.214. The summed E-state index contributed by atoms with van der Waals surface area (Å²) in [5.41, 5.74) is 2.15. The van der Waals surface area contributed by atoms with Gasteiger partial charge < -0.3 is 18.9 Å². The van der Waals surface area contributed by atoms with Gasteiger partial charge in [0.1, 0.15) is 17.1 Å².